The first kappa shape index (κ1) is 16.3. The molecule has 0 aliphatic carbocycles. The second kappa shape index (κ2) is 7.29. The van der Waals surface area contributed by atoms with Gasteiger partial charge in [0.2, 0.25) is 5.91 Å². The topological polar surface area (TPSA) is 61.4 Å². The minimum Gasteiger partial charge on any atom is -0.338 e. The zero-order chi connectivity index (χ0) is 16.1. The van der Waals surface area contributed by atoms with Crippen molar-refractivity contribution in [2.45, 2.75) is 39.7 Å². The number of nitrogens with one attached hydrogen (secondary N) is 2. The maximum Gasteiger partial charge on any atom is 0.315 e. The van der Waals surface area contributed by atoms with Gasteiger partial charge in [-0.1, -0.05) is 32.0 Å². The normalized spacial score (nSPS) is 14.6. The van der Waals surface area contributed by atoms with Crippen molar-refractivity contribution in [3.63, 3.8) is 0 Å². The minimum absolute atomic E-state index is 0.0658. The summed E-state index contributed by atoms with van der Waals surface area (Å²) in [5.41, 5.74) is 2.14. The summed E-state index contributed by atoms with van der Waals surface area (Å²) < 4.78 is 0. The second-order valence-electron chi connectivity index (χ2n) is 6.17. The van der Waals surface area contributed by atoms with Crippen molar-refractivity contribution in [3.05, 3.63) is 29.8 Å². The third-order valence-corrected chi connectivity index (χ3v) is 3.88. The highest BCUT2D eigenvalue weighted by molar-refractivity contribution is 6.00. The molecule has 0 radical (unpaired) electrons. The van der Waals surface area contributed by atoms with Gasteiger partial charge < -0.3 is 15.5 Å². The van der Waals surface area contributed by atoms with Crippen LogP contribution >= 0.6 is 0 Å². The van der Waals surface area contributed by atoms with Gasteiger partial charge in [0.25, 0.3) is 0 Å². The van der Waals surface area contributed by atoms with Crippen LogP contribution in [0.4, 0.5) is 10.5 Å². The highest BCUT2D eigenvalue weighted by atomic mass is 16.2. The van der Waals surface area contributed by atoms with Gasteiger partial charge in [0.15, 0.2) is 0 Å². The molecular weight excluding hydrogens is 278 g/mol. The molecule has 0 fully saturated rings. The summed E-state index contributed by atoms with van der Waals surface area (Å²) in [6.45, 7) is 7.24. The zero-order valence-electron chi connectivity index (χ0n) is 13.6. The van der Waals surface area contributed by atoms with Crippen molar-refractivity contribution in [2.24, 2.45) is 5.92 Å². The molecule has 22 heavy (non-hydrogen) atoms. The van der Waals surface area contributed by atoms with Gasteiger partial charge in [-0.3, -0.25) is 4.79 Å². The fourth-order valence-electron chi connectivity index (χ4n) is 2.58. The predicted molar refractivity (Wildman–Crippen MR) is 88.0 cm³/mol. The number of para-hydroxylation sites is 1. The van der Waals surface area contributed by atoms with Gasteiger partial charge in [0.1, 0.15) is 6.04 Å². The molecule has 0 saturated carbocycles. The van der Waals surface area contributed by atoms with Crippen LogP contribution in [0.2, 0.25) is 0 Å². The van der Waals surface area contributed by atoms with E-state index in [1.165, 1.54) is 5.56 Å². The summed E-state index contributed by atoms with van der Waals surface area (Å²) in [6.07, 6.45) is 1.80. The number of urea groups is 1. The molecule has 2 rings (SSSR count). The highest BCUT2D eigenvalue weighted by Gasteiger charge is 2.28. The van der Waals surface area contributed by atoms with Gasteiger partial charge in [0, 0.05) is 18.8 Å². The molecule has 0 aromatic heterocycles. The van der Waals surface area contributed by atoms with Crippen LogP contribution in [-0.2, 0) is 11.2 Å². The molecule has 1 atom stereocenters. The van der Waals surface area contributed by atoms with E-state index in [0.29, 0.717) is 19.0 Å². The van der Waals surface area contributed by atoms with E-state index in [1.807, 2.05) is 24.3 Å². The average molecular weight is 303 g/mol. The molecule has 1 aromatic carbocycles. The summed E-state index contributed by atoms with van der Waals surface area (Å²) in [6, 6.07) is 7.09. The summed E-state index contributed by atoms with van der Waals surface area (Å²) >= 11 is 0. The summed E-state index contributed by atoms with van der Waals surface area (Å²) in [7, 11) is 0. The quantitative estimate of drug-likeness (QED) is 0.877. The Balaban J connectivity index is 1.87. The smallest absolute Gasteiger partial charge is 0.315 e. The SMILES string of the molecule is CC(C)CCNC(=O)N[C@@H](C)C(=O)N1CCc2ccccc21. The first-order chi connectivity index (χ1) is 10.5. The van der Waals surface area contributed by atoms with Gasteiger partial charge in [0.05, 0.1) is 0 Å². The van der Waals surface area contributed by atoms with Crippen molar-refractivity contribution in [1.29, 1.82) is 0 Å². The van der Waals surface area contributed by atoms with Crippen LogP contribution in [0, 0.1) is 5.92 Å². The first-order valence-electron chi connectivity index (χ1n) is 7.92. The van der Waals surface area contributed by atoms with E-state index < -0.39 is 6.04 Å². The Kier molecular flexibility index (Phi) is 5.41. The van der Waals surface area contributed by atoms with E-state index in [-0.39, 0.29) is 11.9 Å². The zero-order valence-corrected chi connectivity index (χ0v) is 13.6. The van der Waals surface area contributed by atoms with Crippen molar-refractivity contribution < 1.29 is 9.59 Å². The Labute approximate surface area is 132 Å². The Morgan fingerprint density at radius 1 is 1.23 bits per heavy atom. The van der Waals surface area contributed by atoms with Gasteiger partial charge >= 0.3 is 6.03 Å². The van der Waals surface area contributed by atoms with Crippen molar-refractivity contribution in [1.82, 2.24) is 10.6 Å². The Morgan fingerprint density at radius 2 is 1.95 bits per heavy atom. The number of benzene rings is 1. The lowest BCUT2D eigenvalue weighted by molar-refractivity contribution is -0.119. The van der Waals surface area contributed by atoms with Crippen LogP contribution in [0.15, 0.2) is 24.3 Å². The van der Waals surface area contributed by atoms with E-state index in [1.54, 1.807) is 11.8 Å². The fraction of sp³-hybridized carbons (Fsp3) is 0.529. The molecule has 3 amide bonds. The van der Waals surface area contributed by atoms with Gasteiger partial charge in [-0.05, 0) is 37.3 Å². The summed E-state index contributed by atoms with van der Waals surface area (Å²) in [5, 5.41) is 5.51. The van der Waals surface area contributed by atoms with E-state index in [0.717, 1.165) is 18.5 Å². The molecule has 5 nitrogen and oxygen atoms in total. The number of nitrogens with zero attached hydrogens (tertiary/aromatic N) is 1. The number of rotatable bonds is 5. The molecule has 0 bridgehead atoms. The molecular formula is C17H25N3O2. The monoisotopic (exact) mass is 303 g/mol. The van der Waals surface area contributed by atoms with E-state index in [2.05, 4.69) is 24.5 Å². The lowest BCUT2D eigenvalue weighted by atomic mass is 10.1. The number of carbonyl (C=O) groups is 2. The third kappa shape index (κ3) is 4.00. The molecule has 1 aromatic rings. The van der Waals surface area contributed by atoms with Crippen LogP contribution in [0.3, 0.4) is 0 Å². The number of fused-ring (bicyclic) bond motifs is 1. The number of carbonyl (C=O) groups excluding carboxylic acids is 2. The molecule has 1 aliphatic rings. The largest absolute Gasteiger partial charge is 0.338 e. The van der Waals surface area contributed by atoms with Crippen LogP contribution in [0.1, 0.15) is 32.8 Å². The number of hydrogen-bond donors (Lipinski definition) is 2. The average Bonchev–Trinajstić information content (AvgIpc) is 2.89. The van der Waals surface area contributed by atoms with Crippen LogP contribution in [-0.4, -0.2) is 31.1 Å². The first-order valence-corrected chi connectivity index (χ1v) is 7.92. The van der Waals surface area contributed by atoms with Gasteiger partial charge in [-0.25, -0.2) is 4.79 Å². The molecule has 5 heteroatoms. The maximum absolute atomic E-state index is 12.5. The number of anilines is 1. The summed E-state index contributed by atoms with van der Waals surface area (Å²) in [5.74, 6) is 0.476. The van der Waals surface area contributed by atoms with Crippen molar-refractivity contribution >= 4 is 17.6 Å². The molecule has 2 N–H and O–H groups in total. The molecule has 1 aliphatic heterocycles. The van der Waals surface area contributed by atoms with Gasteiger partial charge in [-0.15, -0.1) is 0 Å². The predicted octanol–water partition coefficient (Wildman–Crippen LogP) is 2.31. The maximum atomic E-state index is 12.5. The van der Waals surface area contributed by atoms with Crippen LogP contribution < -0.4 is 15.5 Å². The molecule has 0 saturated heterocycles. The van der Waals surface area contributed by atoms with E-state index in [4.69, 9.17) is 0 Å². The lowest BCUT2D eigenvalue weighted by Crippen LogP contribution is -2.49. The van der Waals surface area contributed by atoms with Crippen LogP contribution in [0.5, 0.6) is 0 Å². The fourth-order valence-corrected chi connectivity index (χ4v) is 2.58. The standard InChI is InChI=1S/C17H25N3O2/c1-12(2)8-10-18-17(22)19-13(3)16(21)20-11-9-14-6-4-5-7-15(14)20/h4-7,12-13H,8-11H2,1-3H3,(H2,18,19,22)/t13-/m0/s1. The number of amides is 3. The molecule has 0 spiro atoms. The molecule has 120 valence electrons. The number of hydrogen-bond acceptors (Lipinski definition) is 2. The summed E-state index contributed by atoms with van der Waals surface area (Å²) in [4.78, 5) is 26.1. The molecule has 0 unspecified atom stereocenters. The van der Waals surface area contributed by atoms with Crippen molar-refractivity contribution in [2.75, 3.05) is 18.0 Å². The Morgan fingerprint density at radius 3 is 2.68 bits per heavy atom. The Bertz CT molecular complexity index is 542. The van der Waals surface area contributed by atoms with Crippen LogP contribution in [0.25, 0.3) is 0 Å². The molecule has 1 heterocycles. The van der Waals surface area contributed by atoms with Gasteiger partial charge in [-0.2, -0.15) is 0 Å². The third-order valence-electron chi connectivity index (χ3n) is 3.88. The van der Waals surface area contributed by atoms with E-state index in [9.17, 15) is 9.59 Å². The lowest BCUT2D eigenvalue weighted by Gasteiger charge is -2.22. The Hall–Kier alpha value is -2.04. The highest BCUT2D eigenvalue weighted by Crippen LogP contribution is 2.27. The minimum atomic E-state index is -0.537. The second-order valence-corrected chi connectivity index (χ2v) is 6.17. The van der Waals surface area contributed by atoms with E-state index >= 15 is 0 Å². The van der Waals surface area contributed by atoms with Crippen molar-refractivity contribution in [3.8, 4) is 0 Å².